The zero-order valence-corrected chi connectivity index (χ0v) is 7.67. The predicted molar refractivity (Wildman–Crippen MR) is 46.3 cm³/mol. The maximum absolute atomic E-state index is 11.3. The van der Waals surface area contributed by atoms with Gasteiger partial charge in [0.15, 0.2) is 0 Å². The minimum atomic E-state index is -0.225. The molecule has 0 aromatic heterocycles. The van der Waals surface area contributed by atoms with E-state index in [1.807, 2.05) is 0 Å². The van der Waals surface area contributed by atoms with Crippen molar-refractivity contribution in [2.24, 2.45) is 17.8 Å². The molecule has 4 heteroatoms. The summed E-state index contributed by atoms with van der Waals surface area (Å²) in [5.41, 5.74) is 4.73. The summed E-state index contributed by atoms with van der Waals surface area (Å²) < 4.78 is 0. The lowest BCUT2D eigenvalue weighted by Gasteiger charge is -2.03. The molecule has 72 valence electrons. The van der Waals surface area contributed by atoms with E-state index in [0.29, 0.717) is 5.92 Å². The van der Waals surface area contributed by atoms with Crippen molar-refractivity contribution < 1.29 is 9.59 Å². The molecule has 0 radical (unpaired) electrons. The second kappa shape index (κ2) is 3.01. The van der Waals surface area contributed by atoms with Crippen molar-refractivity contribution in [3.05, 3.63) is 0 Å². The second-order valence-electron chi connectivity index (χ2n) is 4.01. The van der Waals surface area contributed by atoms with Crippen LogP contribution in [0.3, 0.4) is 0 Å². The van der Waals surface area contributed by atoms with Gasteiger partial charge in [-0.1, -0.05) is 0 Å². The molecule has 2 fully saturated rings. The molecule has 2 N–H and O–H groups in total. The quantitative estimate of drug-likeness (QED) is 0.599. The maximum atomic E-state index is 11.3. The molecular weight excluding hydrogens is 168 g/mol. The standard InChI is InChI=1S/C9H14N2O2/c1-5(12)10-11-9(13)8-4-7(8)6-2-3-6/h6-8H,2-4H2,1H3,(H,10,12)(H,11,13)/t7-,8+/m1/s1. The van der Waals surface area contributed by atoms with Crippen LogP contribution in [-0.2, 0) is 9.59 Å². The zero-order chi connectivity index (χ0) is 9.42. The van der Waals surface area contributed by atoms with Gasteiger partial charge in [-0.3, -0.25) is 20.4 Å². The van der Waals surface area contributed by atoms with E-state index >= 15 is 0 Å². The minimum absolute atomic E-state index is 0.0212. The average molecular weight is 182 g/mol. The Morgan fingerprint density at radius 3 is 2.46 bits per heavy atom. The summed E-state index contributed by atoms with van der Waals surface area (Å²) in [6, 6.07) is 0. The summed E-state index contributed by atoms with van der Waals surface area (Å²) >= 11 is 0. The third kappa shape index (κ3) is 1.99. The van der Waals surface area contributed by atoms with Gasteiger partial charge in [-0.05, 0) is 31.1 Å². The lowest BCUT2D eigenvalue weighted by Crippen LogP contribution is -2.41. The number of rotatable bonds is 2. The number of hydrogen-bond acceptors (Lipinski definition) is 2. The van der Waals surface area contributed by atoms with Crippen LogP contribution in [0.2, 0.25) is 0 Å². The topological polar surface area (TPSA) is 58.2 Å². The summed E-state index contributed by atoms with van der Waals surface area (Å²) in [6.45, 7) is 1.38. The molecule has 2 atom stereocenters. The van der Waals surface area contributed by atoms with Crippen LogP contribution in [0.4, 0.5) is 0 Å². The normalized spacial score (nSPS) is 30.8. The summed E-state index contributed by atoms with van der Waals surface area (Å²) in [5, 5.41) is 0. The molecule has 2 aliphatic carbocycles. The van der Waals surface area contributed by atoms with Gasteiger partial charge in [-0.15, -0.1) is 0 Å². The van der Waals surface area contributed by atoms with Crippen molar-refractivity contribution in [2.75, 3.05) is 0 Å². The van der Waals surface area contributed by atoms with Gasteiger partial charge in [0.05, 0.1) is 0 Å². The molecule has 0 bridgehead atoms. The highest BCUT2D eigenvalue weighted by molar-refractivity contribution is 5.84. The van der Waals surface area contributed by atoms with Crippen molar-refractivity contribution >= 4 is 11.8 Å². The Balaban J connectivity index is 1.70. The van der Waals surface area contributed by atoms with E-state index in [4.69, 9.17) is 0 Å². The summed E-state index contributed by atoms with van der Waals surface area (Å²) in [4.78, 5) is 21.8. The first-order valence-electron chi connectivity index (χ1n) is 4.75. The number of carbonyl (C=O) groups is 2. The van der Waals surface area contributed by atoms with Crippen molar-refractivity contribution in [3.63, 3.8) is 0 Å². The van der Waals surface area contributed by atoms with Crippen molar-refractivity contribution in [1.82, 2.24) is 10.9 Å². The number of hydrazine groups is 1. The second-order valence-corrected chi connectivity index (χ2v) is 4.01. The molecule has 0 aromatic rings. The Bertz CT molecular complexity index is 248. The Hall–Kier alpha value is -1.06. The largest absolute Gasteiger partial charge is 0.274 e. The van der Waals surface area contributed by atoms with E-state index in [0.717, 1.165) is 12.3 Å². The Labute approximate surface area is 77.0 Å². The van der Waals surface area contributed by atoms with Crippen molar-refractivity contribution in [2.45, 2.75) is 26.2 Å². The van der Waals surface area contributed by atoms with Gasteiger partial charge < -0.3 is 0 Å². The van der Waals surface area contributed by atoms with Crippen LogP contribution in [0.1, 0.15) is 26.2 Å². The summed E-state index contributed by atoms with van der Waals surface area (Å²) in [6.07, 6.45) is 3.58. The van der Waals surface area contributed by atoms with Crippen LogP contribution in [0.25, 0.3) is 0 Å². The number of carbonyl (C=O) groups excluding carboxylic acids is 2. The molecule has 0 heterocycles. The smallest absolute Gasteiger partial charge is 0.241 e. The van der Waals surface area contributed by atoms with E-state index in [2.05, 4.69) is 10.9 Å². The SMILES string of the molecule is CC(=O)NNC(=O)[C@H]1C[C@@H]1C1CC1. The molecule has 0 aromatic carbocycles. The first-order valence-corrected chi connectivity index (χ1v) is 4.75. The Kier molecular flexibility index (Phi) is 1.98. The van der Waals surface area contributed by atoms with Crippen LogP contribution in [0.5, 0.6) is 0 Å². The molecule has 4 nitrogen and oxygen atoms in total. The first kappa shape index (κ1) is 8.53. The molecule has 13 heavy (non-hydrogen) atoms. The molecule has 2 aliphatic rings. The lowest BCUT2D eigenvalue weighted by atomic mass is 10.2. The molecule has 0 aliphatic heterocycles. The molecule has 2 rings (SSSR count). The highest BCUT2D eigenvalue weighted by Gasteiger charge is 2.51. The number of nitrogens with one attached hydrogen (secondary N) is 2. The predicted octanol–water partition coefficient (Wildman–Crippen LogP) is 0.200. The van der Waals surface area contributed by atoms with Gasteiger partial charge in [0.1, 0.15) is 0 Å². The van der Waals surface area contributed by atoms with Crippen LogP contribution < -0.4 is 10.9 Å². The number of amides is 2. The summed E-state index contributed by atoms with van der Waals surface area (Å²) in [7, 11) is 0. The molecule has 0 saturated heterocycles. The molecule has 0 spiro atoms. The van der Waals surface area contributed by atoms with Crippen molar-refractivity contribution in [1.29, 1.82) is 0 Å². The van der Waals surface area contributed by atoms with Gasteiger partial charge in [0, 0.05) is 12.8 Å². The molecule has 2 amide bonds. The molecular formula is C9H14N2O2. The molecule has 0 unspecified atom stereocenters. The monoisotopic (exact) mass is 182 g/mol. The fraction of sp³-hybridized carbons (Fsp3) is 0.778. The Morgan fingerprint density at radius 2 is 1.92 bits per heavy atom. The highest BCUT2D eigenvalue weighted by atomic mass is 16.2. The van der Waals surface area contributed by atoms with Gasteiger partial charge in [0.25, 0.3) is 0 Å². The van der Waals surface area contributed by atoms with Crippen LogP contribution in [0.15, 0.2) is 0 Å². The molecule has 2 saturated carbocycles. The minimum Gasteiger partial charge on any atom is -0.274 e. The lowest BCUT2D eigenvalue weighted by molar-refractivity contribution is -0.128. The van der Waals surface area contributed by atoms with E-state index in [-0.39, 0.29) is 17.7 Å². The fourth-order valence-electron chi connectivity index (χ4n) is 1.80. The highest BCUT2D eigenvalue weighted by Crippen LogP contribution is 2.54. The van der Waals surface area contributed by atoms with E-state index in [1.54, 1.807) is 0 Å². The maximum Gasteiger partial charge on any atom is 0.241 e. The van der Waals surface area contributed by atoms with Crippen molar-refractivity contribution in [3.8, 4) is 0 Å². The van der Waals surface area contributed by atoms with Crippen LogP contribution in [0, 0.1) is 17.8 Å². The number of hydrogen-bond donors (Lipinski definition) is 2. The van der Waals surface area contributed by atoms with Crippen LogP contribution in [-0.4, -0.2) is 11.8 Å². The van der Waals surface area contributed by atoms with Gasteiger partial charge in [-0.25, -0.2) is 0 Å². The van der Waals surface area contributed by atoms with E-state index < -0.39 is 0 Å². The third-order valence-corrected chi connectivity index (χ3v) is 2.77. The average Bonchev–Trinajstić information content (AvgIpc) is 2.84. The van der Waals surface area contributed by atoms with E-state index in [9.17, 15) is 9.59 Å². The first-order chi connectivity index (χ1) is 6.18. The van der Waals surface area contributed by atoms with Gasteiger partial charge in [-0.2, -0.15) is 0 Å². The Morgan fingerprint density at radius 1 is 1.23 bits per heavy atom. The van der Waals surface area contributed by atoms with Gasteiger partial charge >= 0.3 is 0 Å². The summed E-state index contributed by atoms with van der Waals surface area (Å²) in [5.74, 6) is 1.32. The third-order valence-electron chi connectivity index (χ3n) is 2.77. The van der Waals surface area contributed by atoms with Crippen LogP contribution >= 0.6 is 0 Å². The van der Waals surface area contributed by atoms with E-state index in [1.165, 1.54) is 19.8 Å². The zero-order valence-electron chi connectivity index (χ0n) is 7.67. The fourth-order valence-corrected chi connectivity index (χ4v) is 1.80. The van der Waals surface area contributed by atoms with Gasteiger partial charge in [0.2, 0.25) is 11.8 Å².